The molecule has 0 amide bonds. The fraction of sp³-hybridized carbons (Fsp3) is 0.500. The van der Waals surface area contributed by atoms with Gasteiger partial charge in [-0.15, -0.1) is 0 Å². The summed E-state index contributed by atoms with van der Waals surface area (Å²) in [4.78, 5) is 11.8. The summed E-state index contributed by atoms with van der Waals surface area (Å²) < 4.78 is 31.1. The van der Waals surface area contributed by atoms with E-state index in [0.29, 0.717) is 6.07 Å². The monoisotopic (exact) mass is 272 g/mol. The standard InChI is InChI=1S/C14H18F2O3/c1-8(2)12(13(17)19-4)14(3,18)9-5-10(15)7-11(16)6-9/h5-8,12,18H,1-4H3. The Morgan fingerprint density at radius 3 is 2.11 bits per heavy atom. The van der Waals surface area contributed by atoms with E-state index in [2.05, 4.69) is 4.74 Å². The Bertz CT molecular complexity index is 450. The van der Waals surface area contributed by atoms with Crippen molar-refractivity contribution in [2.45, 2.75) is 26.4 Å². The molecular formula is C14H18F2O3. The van der Waals surface area contributed by atoms with Gasteiger partial charge in [-0.1, -0.05) is 13.8 Å². The van der Waals surface area contributed by atoms with Gasteiger partial charge in [0, 0.05) is 6.07 Å². The number of carbonyl (C=O) groups excluding carboxylic acids is 1. The highest BCUT2D eigenvalue weighted by molar-refractivity contribution is 5.74. The first kappa shape index (κ1) is 15.6. The van der Waals surface area contributed by atoms with Gasteiger partial charge in [-0.3, -0.25) is 4.79 Å². The third-order valence-corrected chi connectivity index (χ3v) is 3.17. The van der Waals surface area contributed by atoms with Crippen molar-refractivity contribution in [1.82, 2.24) is 0 Å². The summed E-state index contributed by atoms with van der Waals surface area (Å²) in [7, 11) is 1.21. The fourth-order valence-corrected chi connectivity index (χ4v) is 2.30. The summed E-state index contributed by atoms with van der Waals surface area (Å²) in [6.45, 7) is 4.81. The predicted molar refractivity (Wildman–Crippen MR) is 66.3 cm³/mol. The van der Waals surface area contributed by atoms with Crippen LogP contribution in [0.1, 0.15) is 26.3 Å². The van der Waals surface area contributed by atoms with Crippen molar-refractivity contribution in [2.75, 3.05) is 7.11 Å². The van der Waals surface area contributed by atoms with Gasteiger partial charge in [0.15, 0.2) is 0 Å². The Kier molecular flexibility index (Phi) is 4.63. The number of hydrogen-bond donors (Lipinski definition) is 1. The lowest BCUT2D eigenvalue weighted by molar-refractivity contribution is -0.159. The van der Waals surface area contributed by atoms with Gasteiger partial charge in [0.1, 0.15) is 17.2 Å². The van der Waals surface area contributed by atoms with Crippen LogP contribution in [0.3, 0.4) is 0 Å². The molecule has 0 bridgehead atoms. The minimum atomic E-state index is -1.72. The zero-order valence-electron chi connectivity index (χ0n) is 11.4. The second-order valence-electron chi connectivity index (χ2n) is 5.05. The zero-order valence-corrected chi connectivity index (χ0v) is 11.4. The van der Waals surface area contributed by atoms with Crippen LogP contribution in [0.15, 0.2) is 18.2 Å². The van der Waals surface area contributed by atoms with Gasteiger partial charge in [-0.05, 0) is 30.5 Å². The number of methoxy groups -OCH3 is 1. The average molecular weight is 272 g/mol. The highest BCUT2D eigenvalue weighted by Gasteiger charge is 2.42. The summed E-state index contributed by atoms with van der Waals surface area (Å²) in [5, 5.41) is 10.5. The number of aliphatic hydroxyl groups is 1. The van der Waals surface area contributed by atoms with Gasteiger partial charge in [0.2, 0.25) is 0 Å². The molecule has 1 N–H and O–H groups in total. The number of carbonyl (C=O) groups is 1. The molecule has 0 aliphatic rings. The molecule has 19 heavy (non-hydrogen) atoms. The Morgan fingerprint density at radius 1 is 1.26 bits per heavy atom. The second-order valence-corrected chi connectivity index (χ2v) is 5.05. The van der Waals surface area contributed by atoms with E-state index in [4.69, 9.17) is 0 Å². The first-order valence-electron chi connectivity index (χ1n) is 5.97. The van der Waals surface area contributed by atoms with E-state index in [1.165, 1.54) is 14.0 Å². The Hall–Kier alpha value is -1.49. The first-order chi connectivity index (χ1) is 8.70. The second kappa shape index (κ2) is 5.65. The SMILES string of the molecule is COC(=O)C(C(C)C)C(C)(O)c1cc(F)cc(F)c1. The fourth-order valence-electron chi connectivity index (χ4n) is 2.30. The minimum Gasteiger partial charge on any atom is -0.469 e. The largest absolute Gasteiger partial charge is 0.469 e. The summed E-state index contributed by atoms with van der Waals surface area (Å²) in [5.74, 6) is -3.40. The maximum absolute atomic E-state index is 13.2. The molecule has 2 unspecified atom stereocenters. The van der Waals surface area contributed by atoms with Gasteiger partial charge < -0.3 is 9.84 Å². The van der Waals surface area contributed by atoms with Gasteiger partial charge in [0.25, 0.3) is 0 Å². The predicted octanol–water partition coefficient (Wildman–Crippen LogP) is 2.62. The normalized spacial score (nSPS) is 16.0. The van der Waals surface area contributed by atoms with Crippen LogP contribution < -0.4 is 0 Å². The van der Waals surface area contributed by atoms with E-state index in [1.807, 2.05) is 0 Å². The number of esters is 1. The van der Waals surface area contributed by atoms with Crippen molar-refractivity contribution in [1.29, 1.82) is 0 Å². The van der Waals surface area contributed by atoms with Crippen molar-refractivity contribution >= 4 is 5.97 Å². The van der Waals surface area contributed by atoms with Crippen LogP contribution in [0.4, 0.5) is 8.78 Å². The van der Waals surface area contributed by atoms with E-state index in [1.54, 1.807) is 13.8 Å². The number of halogens is 2. The van der Waals surface area contributed by atoms with Crippen LogP contribution in [0.25, 0.3) is 0 Å². The van der Waals surface area contributed by atoms with Crippen molar-refractivity contribution in [3.63, 3.8) is 0 Å². The number of rotatable bonds is 4. The third-order valence-electron chi connectivity index (χ3n) is 3.17. The van der Waals surface area contributed by atoms with E-state index in [-0.39, 0.29) is 11.5 Å². The Labute approximate surface area is 111 Å². The maximum atomic E-state index is 13.2. The van der Waals surface area contributed by atoms with E-state index >= 15 is 0 Å². The molecule has 1 aromatic rings. The molecule has 0 saturated carbocycles. The molecule has 0 saturated heterocycles. The molecule has 0 fully saturated rings. The van der Waals surface area contributed by atoms with Crippen molar-refractivity contribution in [3.05, 3.63) is 35.4 Å². The van der Waals surface area contributed by atoms with Crippen LogP contribution in [-0.2, 0) is 15.1 Å². The molecular weight excluding hydrogens is 254 g/mol. The molecule has 106 valence electrons. The van der Waals surface area contributed by atoms with E-state index < -0.39 is 29.1 Å². The van der Waals surface area contributed by atoms with Crippen LogP contribution in [-0.4, -0.2) is 18.2 Å². The van der Waals surface area contributed by atoms with E-state index in [0.717, 1.165) is 12.1 Å². The summed E-state index contributed by atoms with van der Waals surface area (Å²) in [5.41, 5.74) is -1.71. The molecule has 0 aliphatic heterocycles. The van der Waals surface area contributed by atoms with Crippen LogP contribution in [0, 0.1) is 23.5 Å². The van der Waals surface area contributed by atoms with Gasteiger partial charge in [-0.2, -0.15) is 0 Å². The molecule has 5 heteroatoms. The molecule has 0 aliphatic carbocycles. The number of benzene rings is 1. The number of hydrogen-bond acceptors (Lipinski definition) is 3. The maximum Gasteiger partial charge on any atom is 0.312 e. The first-order valence-corrected chi connectivity index (χ1v) is 5.97. The van der Waals surface area contributed by atoms with Crippen molar-refractivity contribution in [3.8, 4) is 0 Å². The van der Waals surface area contributed by atoms with Crippen molar-refractivity contribution < 1.29 is 23.4 Å². The van der Waals surface area contributed by atoms with Gasteiger partial charge >= 0.3 is 5.97 Å². The summed E-state index contributed by atoms with van der Waals surface area (Å²) >= 11 is 0. The smallest absolute Gasteiger partial charge is 0.312 e. The molecule has 2 atom stereocenters. The molecule has 0 spiro atoms. The molecule has 0 heterocycles. The quantitative estimate of drug-likeness (QED) is 0.857. The van der Waals surface area contributed by atoms with Gasteiger partial charge in [0.05, 0.1) is 13.0 Å². The van der Waals surface area contributed by atoms with Crippen LogP contribution >= 0.6 is 0 Å². The number of ether oxygens (including phenoxy) is 1. The highest BCUT2D eigenvalue weighted by Crippen LogP contribution is 2.35. The Morgan fingerprint density at radius 2 is 1.74 bits per heavy atom. The third kappa shape index (κ3) is 3.29. The van der Waals surface area contributed by atoms with Crippen LogP contribution in [0.5, 0.6) is 0 Å². The van der Waals surface area contributed by atoms with Crippen molar-refractivity contribution in [2.24, 2.45) is 11.8 Å². The molecule has 3 nitrogen and oxygen atoms in total. The highest BCUT2D eigenvalue weighted by atomic mass is 19.1. The summed E-state index contributed by atoms with van der Waals surface area (Å²) in [6, 6.07) is 2.74. The minimum absolute atomic E-state index is 0.00843. The molecule has 1 aromatic carbocycles. The lowest BCUT2D eigenvalue weighted by atomic mass is 9.76. The topological polar surface area (TPSA) is 46.5 Å². The lowest BCUT2D eigenvalue weighted by Crippen LogP contribution is -2.41. The van der Waals surface area contributed by atoms with Crippen LogP contribution in [0.2, 0.25) is 0 Å². The Balaban J connectivity index is 3.29. The average Bonchev–Trinajstić information content (AvgIpc) is 2.26. The van der Waals surface area contributed by atoms with E-state index in [9.17, 15) is 18.7 Å². The zero-order chi connectivity index (χ0) is 14.8. The summed E-state index contributed by atoms with van der Waals surface area (Å²) in [6.07, 6.45) is 0. The molecule has 1 rings (SSSR count). The van der Waals surface area contributed by atoms with Gasteiger partial charge in [-0.25, -0.2) is 8.78 Å². The molecule has 0 aromatic heterocycles. The molecule has 0 radical (unpaired) electrons. The lowest BCUT2D eigenvalue weighted by Gasteiger charge is -2.34.